The van der Waals surface area contributed by atoms with Crippen LogP contribution in [0.4, 0.5) is 0 Å². The van der Waals surface area contributed by atoms with Gasteiger partial charge in [-0.25, -0.2) is 13.1 Å². The molecule has 0 saturated heterocycles. The number of nitrogens with one attached hydrogen (secondary N) is 1. The van der Waals surface area contributed by atoms with Crippen LogP contribution >= 0.6 is 0 Å². The molecule has 3 nitrogen and oxygen atoms in total. The Morgan fingerprint density at radius 2 is 1.48 bits per heavy atom. The van der Waals surface area contributed by atoms with Crippen molar-refractivity contribution in [3.05, 3.63) is 29.8 Å². The van der Waals surface area contributed by atoms with Crippen LogP contribution in [0.25, 0.3) is 0 Å². The second-order valence-corrected chi connectivity index (χ2v) is 7.33. The van der Waals surface area contributed by atoms with Crippen molar-refractivity contribution in [2.45, 2.75) is 70.1 Å². The Hall–Kier alpha value is -0.870. The number of benzene rings is 1. The van der Waals surface area contributed by atoms with Crippen LogP contribution in [-0.4, -0.2) is 15.0 Å². The van der Waals surface area contributed by atoms with Gasteiger partial charge < -0.3 is 0 Å². The number of hydrogen-bond acceptors (Lipinski definition) is 2. The van der Waals surface area contributed by atoms with E-state index >= 15 is 0 Å². The predicted octanol–water partition coefficient (Wildman–Crippen LogP) is 4.28. The molecule has 1 N–H and O–H groups in total. The Bertz CT molecular complexity index is 480. The molecule has 0 radical (unpaired) electrons. The molecule has 0 bridgehead atoms. The molecule has 1 aromatic carbocycles. The number of aryl methyl sites for hydroxylation is 1. The van der Waals surface area contributed by atoms with E-state index in [9.17, 15) is 8.42 Å². The van der Waals surface area contributed by atoms with Gasteiger partial charge in [0.15, 0.2) is 0 Å². The fraction of sp³-hybridized carbons (Fsp3) is 0.647. The molecule has 0 saturated carbocycles. The Balaban J connectivity index is 2.48. The molecule has 0 spiro atoms. The van der Waals surface area contributed by atoms with Gasteiger partial charge in [-0.3, -0.25) is 0 Å². The Labute approximate surface area is 130 Å². The van der Waals surface area contributed by atoms with Crippen LogP contribution in [0, 0.1) is 0 Å². The molecule has 0 heterocycles. The lowest BCUT2D eigenvalue weighted by atomic mass is 10.1. The van der Waals surface area contributed by atoms with Crippen LogP contribution < -0.4 is 4.72 Å². The minimum atomic E-state index is -3.34. The third kappa shape index (κ3) is 7.09. The van der Waals surface area contributed by atoms with Crippen molar-refractivity contribution in [2.75, 3.05) is 6.54 Å². The second-order valence-electron chi connectivity index (χ2n) is 5.56. The molecule has 0 aliphatic carbocycles. The van der Waals surface area contributed by atoms with Gasteiger partial charge in [-0.2, -0.15) is 0 Å². The number of hydrogen-bond donors (Lipinski definition) is 1. The summed E-state index contributed by atoms with van der Waals surface area (Å²) in [7, 11) is -3.34. The van der Waals surface area contributed by atoms with Crippen LogP contribution in [0.1, 0.15) is 64.4 Å². The van der Waals surface area contributed by atoms with E-state index in [2.05, 4.69) is 18.6 Å². The third-order valence-corrected chi connectivity index (χ3v) is 5.10. The smallest absolute Gasteiger partial charge is 0.211 e. The molecule has 1 rings (SSSR count). The maximum Gasteiger partial charge on any atom is 0.240 e. The summed E-state index contributed by atoms with van der Waals surface area (Å²) in [4.78, 5) is 0.372. The first kappa shape index (κ1) is 18.2. The highest BCUT2D eigenvalue weighted by Crippen LogP contribution is 2.13. The third-order valence-electron chi connectivity index (χ3n) is 3.63. The van der Waals surface area contributed by atoms with Gasteiger partial charge in [0.1, 0.15) is 0 Å². The van der Waals surface area contributed by atoms with Gasteiger partial charge >= 0.3 is 0 Å². The van der Waals surface area contributed by atoms with Crippen molar-refractivity contribution >= 4 is 10.0 Å². The van der Waals surface area contributed by atoms with Crippen molar-refractivity contribution in [1.29, 1.82) is 0 Å². The summed E-state index contributed by atoms with van der Waals surface area (Å²) < 4.78 is 26.9. The standard InChI is InChI=1S/C17H29NO2S/c1-3-5-7-8-10-16-11-13-17(14-12-16)21(19,20)18-15-9-6-4-2/h11-14,18H,3-10,15H2,1-2H3. The topological polar surface area (TPSA) is 46.2 Å². The fourth-order valence-corrected chi connectivity index (χ4v) is 3.33. The SMILES string of the molecule is CCCCCCc1ccc(S(=O)(=O)NCCCCC)cc1. The van der Waals surface area contributed by atoms with Crippen LogP contribution in [0.15, 0.2) is 29.2 Å². The number of sulfonamides is 1. The summed E-state index contributed by atoms with van der Waals surface area (Å²) in [5.41, 5.74) is 1.22. The van der Waals surface area contributed by atoms with E-state index in [4.69, 9.17) is 0 Å². The predicted molar refractivity (Wildman–Crippen MR) is 89.0 cm³/mol. The maximum absolute atomic E-state index is 12.1. The Morgan fingerprint density at radius 1 is 0.857 bits per heavy atom. The van der Waals surface area contributed by atoms with Crippen LogP contribution in [0.2, 0.25) is 0 Å². The number of rotatable bonds is 11. The van der Waals surface area contributed by atoms with E-state index in [0.717, 1.165) is 25.7 Å². The molecule has 0 aromatic heterocycles. The van der Waals surface area contributed by atoms with Crippen LogP contribution in [0.5, 0.6) is 0 Å². The van der Waals surface area contributed by atoms with Crippen molar-refractivity contribution in [3.8, 4) is 0 Å². The zero-order valence-corrected chi connectivity index (χ0v) is 14.2. The monoisotopic (exact) mass is 311 g/mol. The minimum Gasteiger partial charge on any atom is -0.211 e. The zero-order chi connectivity index (χ0) is 15.6. The summed E-state index contributed by atoms with van der Waals surface area (Å²) in [6.07, 6.45) is 9.00. The van der Waals surface area contributed by atoms with Gasteiger partial charge in [-0.1, -0.05) is 58.1 Å². The molecular formula is C17H29NO2S. The average Bonchev–Trinajstić information content (AvgIpc) is 2.49. The first-order valence-corrected chi connectivity index (χ1v) is 9.67. The van der Waals surface area contributed by atoms with Crippen molar-refractivity contribution in [2.24, 2.45) is 0 Å². The molecule has 1 aromatic rings. The second kappa shape index (κ2) is 9.96. The first-order chi connectivity index (χ1) is 10.1. The fourth-order valence-electron chi connectivity index (χ4n) is 2.26. The molecule has 120 valence electrons. The molecule has 0 aliphatic rings. The van der Waals surface area contributed by atoms with Gasteiger partial charge in [0.25, 0.3) is 0 Å². The summed E-state index contributed by atoms with van der Waals surface area (Å²) in [5.74, 6) is 0. The van der Waals surface area contributed by atoms with E-state index in [1.165, 1.54) is 31.2 Å². The summed E-state index contributed by atoms with van der Waals surface area (Å²) in [6.45, 7) is 4.83. The van der Waals surface area contributed by atoms with E-state index in [-0.39, 0.29) is 0 Å². The van der Waals surface area contributed by atoms with E-state index in [1.54, 1.807) is 12.1 Å². The van der Waals surface area contributed by atoms with E-state index in [1.807, 2.05) is 12.1 Å². The summed E-state index contributed by atoms with van der Waals surface area (Å²) in [5, 5.41) is 0. The van der Waals surface area contributed by atoms with Crippen molar-refractivity contribution in [1.82, 2.24) is 4.72 Å². The molecule has 0 atom stereocenters. The van der Waals surface area contributed by atoms with Gasteiger partial charge in [-0.15, -0.1) is 0 Å². The van der Waals surface area contributed by atoms with Crippen molar-refractivity contribution in [3.63, 3.8) is 0 Å². The highest BCUT2D eigenvalue weighted by atomic mass is 32.2. The molecule has 0 fully saturated rings. The molecule has 0 amide bonds. The maximum atomic E-state index is 12.1. The lowest BCUT2D eigenvalue weighted by Crippen LogP contribution is -2.24. The first-order valence-electron chi connectivity index (χ1n) is 8.18. The molecule has 21 heavy (non-hydrogen) atoms. The largest absolute Gasteiger partial charge is 0.240 e. The lowest BCUT2D eigenvalue weighted by molar-refractivity contribution is 0.576. The highest BCUT2D eigenvalue weighted by Gasteiger charge is 2.12. The van der Waals surface area contributed by atoms with Gasteiger partial charge in [0, 0.05) is 6.54 Å². The van der Waals surface area contributed by atoms with E-state index in [0.29, 0.717) is 11.4 Å². The zero-order valence-electron chi connectivity index (χ0n) is 13.4. The molecular weight excluding hydrogens is 282 g/mol. The number of unbranched alkanes of at least 4 members (excludes halogenated alkanes) is 5. The Morgan fingerprint density at radius 3 is 2.10 bits per heavy atom. The van der Waals surface area contributed by atoms with Crippen LogP contribution in [-0.2, 0) is 16.4 Å². The van der Waals surface area contributed by atoms with Gasteiger partial charge in [0.2, 0.25) is 10.0 Å². The van der Waals surface area contributed by atoms with Gasteiger partial charge in [0.05, 0.1) is 4.90 Å². The lowest BCUT2D eigenvalue weighted by Gasteiger charge is -2.07. The normalized spacial score (nSPS) is 11.7. The minimum absolute atomic E-state index is 0.372. The molecule has 4 heteroatoms. The Kier molecular flexibility index (Phi) is 8.62. The van der Waals surface area contributed by atoms with Gasteiger partial charge in [-0.05, 0) is 37.0 Å². The van der Waals surface area contributed by atoms with Crippen LogP contribution in [0.3, 0.4) is 0 Å². The quantitative estimate of drug-likeness (QED) is 0.620. The van der Waals surface area contributed by atoms with E-state index < -0.39 is 10.0 Å². The average molecular weight is 311 g/mol. The highest BCUT2D eigenvalue weighted by molar-refractivity contribution is 7.89. The molecule has 0 unspecified atom stereocenters. The summed E-state index contributed by atoms with van der Waals surface area (Å²) >= 11 is 0. The van der Waals surface area contributed by atoms with Crippen molar-refractivity contribution < 1.29 is 8.42 Å². The summed E-state index contributed by atoms with van der Waals surface area (Å²) in [6, 6.07) is 7.31. The molecule has 0 aliphatic heterocycles.